The van der Waals surface area contributed by atoms with Gasteiger partial charge in [-0.25, -0.2) is 0 Å². The number of hydrogen-bond acceptors (Lipinski definition) is 3. The second-order valence-electron chi connectivity index (χ2n) is 7.01. The Kier molecular flexibility index (Phi) is 4.93. The highest BCUT2D eigenvalue weighted by Gasteiger charge is 2.33. The van der Waals surface area contributed by atoms with Gasteiger partial charge in [-0.15, -0.1) is 0 Å². The molecule has 0 unspecified atom stereocenters. The summed E-state index contributed by atoms with van der Waals surface area (Å²) in [5.74, 6) is 0. The van der Waals surface area contributed by atoms with Crippen LogP contribution in [-0.4, -0.2) is 36.3 Å². The first-order chi connectivity index (χ1) is 11.5. The second kappa shape index (κ2) is 6.96. The van der Waals surface area contributed by atoms with Crippen molar-refractivity contribution in [1.82, 2.24) is 4.90 Å². The second-order valence-corrected chi connectivity index (χ2v) is 7.42. The maximum Gasteiger partial charge on any atom is 0.0514 e. The molecule has 126 valence electrons. The molecule has 0 amide bonds. The number of piperazine rings is 1. The molecule has 1 fully saturated rings. The molecule has 2 aromatic rings. The molecule has 24 heavy (non-hydrogen) atoms. The largest absolute Gasteiger partial charge is 0.364 e. The molecule has 4 heteroatoms. The van der Waals surface area contributed by atoms with Gasteiger partial charge in [0.1, 0.15) is 0 Å². The Balaban J connectivity index is 1.74. The van der Waals surface area contributed by atoms with Crippen molar-refractivity contribution < 1.29 is 0 Å². The molecule has 1 N–H and O–H groups in total. The van der Waals surface area contributed by atoms with Crippen LogP contribution in [0.3, 0.4) is 0 Å². The molecule has 0 aromatic heterocycles. The first-order valence-electron chi connectivity index (χ1n) is 8.33. The van der Waals surface area contributed by atoms with E-state index in [0.29, 0.717) is 5.02 Å². The Morgan fingerprint density at radius 3 is 2.50 bits per heavy atom. The Labute approximate surface area is 149 Å². The van der Waals surface area contributed by atoms with Crippen LogP contribution in [0, 0.1) is 5.41 Å². The minimum atomic E-state index is 0.0303. The topological polar surface area (TPSA) is 30.3 Å². The third-order valence-electron chi connectivity index (χ3n) is 4.68. The average molecular weight is 342 g/mol. The third kappa shape index (κ3) is 3.63. The molecule has 3 rings (SSSR count). The molecule has 0 spiro atoms. The fourth-order valence-corrected chi connectivity index (χ4v) is 3.74. The summed E-state index contributed by atoms with van der Waals surface area (Å²) in [6.07, 6.45) is 1.30. The smallest absolute Gasteiger partial charge is 0.0514 e. The minimum Gasteiger partial charge on any atom is -0.364 e. The maximum absolute atomic E-state index is 7.38. The summed E-state index contributed by atoms with van der Waals surface area (Å²) in [7, 11) is 0. The SMILES string of the molecule is CC1(C)CN(Cc2ccccc2)CCN1c1ccc(C=N)c(Cl)c1. The van der Waals surface area contributed by atoms with Crippen LogP contribution < -0.4 is 4.90 Å². The predicted octanol–water partition coefficient (Wildman–Crippen LogP) is 4.44. The van der Waals surface area contributed by atoms with Gasteiger partial charge in [0.2, 0.25) is 0 Å². The van der Waals surface area contributed by atoms with Gasteiger partial charge in [-0.05, 0) is 37.6 Å². The summed E-state index contributed by atoms with van der Waals surface area (Å²) < 4.78 is 0. The highest BCUT2D eigenvalue weighted by molar-refractivity contribution is 6.33. The lowest BCUT2D eigenvalue weighted by atomic mass is 9.97. The lowest BCUT2D eigenvalue weighted by Gasteiger charge is -2.48. The number of benzene rings is 2. The number of anilines is 1. The van der Waals surface area contributed by atoms with E-state index in [1.54, 1.807) is 0 Å². The van der Waals surface area contributed by atoms with E-state index in [1.807, 2.05) is 12.1 Å². The van der Waals surface area contributed by atoms with Crippen LogP contribution in [0.4, 0.5) is 5.69 Å². The van der Waals surface area contributed by atoms with Gasteiger partial charge in [-0.1, -0.05) is 41.9 Å². The van der Waals surface area contributed by atoms with E-state index >= 15 is 0 Å². The minimum absolute atomic E-state index is 0.0303. The van der Waals surface area contributed by atoms with E-state index in [4.69, 9.17) is 17.0 Å². The number of halogens is 1. The van der Waals surface area contributed by atoms with Crippen LogP contribution in [0.1, 0.15) is 25.0 Å². The van der Waals surface area contributed by atoms with Crippen molar-refractivity contribution in [2.24, 2.45) is 0 Å². The van der Waals surface area contributed by atoms with E-state index in [0.717, 1.165) is 37.4 Å². The third-order valence-corrected chi connectivity index (χ3v) is 5.01. The van der Waals surface area contributed by atoms with Crippen LogP contribution >= 0.6 is 11.6 Å². The molecule has 2 aromatic carbocycles. The van der Waals surface area contributed by atoms with E-state index < -0.39 is 0 Å². The van der Waals surface area contributed by atoms with Crippen molar-refractivity contribution in [3.8, 4) is 0 Å². The molecule has 0 aliphatic carbocycles. The molecule has 3 nitrogen and oxygen atoms in total. The van der Waals surface area contributed by atoms with E-state index in [9.17, 15) is 0 Å². The Bertz CT molecular complexity index is 712. The van der Waals surface area contributed by atoms with Gasteiger partial charge in [0.05, 0.1) is 5.02 Å². The average Bonchev–Trinajstić information content (AvgIpc) is 2.55. The Hall–Kier alpha value is -1.84. The molecule has 1 saturated heterocycles. The van der Waals surface area contributed by atoms with Crippen molar-refractivity contribution in [1.29, 1.82) is 5.41 Å². The van der Waals surface area contributed by atoms with Crippen molar-refractivity contribution in [3.63, 3.8) is 0 Å². The molecule has 1 aliphatic heterocycles. The van der Waals surface area contributed by atoms with Gasteiger partial charge in [-0.3, -0.25) is 4.90 Å². The monoisotopic (exact) mass is 341 g/mol. The molecule has 0 atom stereocenters. The standard InChI is InChI=1S/C20H24ClN3/c1-20(2)15-23(14-16-6-4-3-5-7-16)10-11-24(20)18-9-8-17(13-22)19(21)12-18/h3-9,12-13,22H,10-11,14-15H2,1-2H3. The molecule has 1 aliphatic rings. The predicted molar refractivity (Wildman–Crippen MR) is 102 cm³/mol. The first kappa shape index (κ1) is 17.0. The maximum atomic E-state index is 7.38. The molecule has 0 bridgehead atoms. The van der Waals surface area contributed by atoms with Gasteiger partial charge in [0.15, 0.2) is 0 Å². The number of rotatable bonds is 4. The van der Waals surface area contributed by atoms with Crippen molar-refractivity contribution in [3.05, 3.63) is 64.7 Å². The summed E-state index contributed by atoms with van der Waals surface area (Å²) in [6.45, 7) is 8.56. The van der Waals surface area contributed by atoms with Crippen molar-refractivity contribution in [2.75, 3.05) is 24.5 Å². The summed E-state index contributed by atoms with van der Waals surface area (Å²) >= 11 is 6.29. The quantitative estimate of drug-likeness (QED) is 0.833. The molecular weight excluding hydrogens is 318 g/mol. The van der Waals surface area contributed by atoms with Gasteiger partial charge >= 0.3 is 0 Å². The van der Waals surface area contributed by atoms with Gasteiger partial charge in [-0.2, -0.15) is 0 Å². The fraction of sp³-hybridized carbons (Fsp3) is 0.350. The zero-order valence-electron chi connectivity index (χ0n) is 14.3. The normalized spacial score (nSPS) is 17.7. The molecule has 0 saturated carbocycles. The van der Waals surface area contributed by atoms with Crippen LogP contribution in [0.25, 0.3) is 0 Å². The zero-order valence-corrected chi connectivity index (χ0v) is 15.1. The zero-order chi connectivity index (χ0) is 17.2. The lowest BCUT2D eigenvalue weighted by Crippen LogP contribution is -2.59. The number of nitrogens with one attached hydrogen (secondary N) is 1. The van der Waals surface area contributed by atoms with E-state index in [-0.39, 0.29) is 5.54 Å². The van der Waals surface area contributed by atoms with Crippen LogP contribution in [0.15, 0.2) is 48.5 Å². The Morgan fingerprint density at radius 2 is 1.88 bits per heavy atom. The summed E-state index contributed by atoms with van der Waals surface area (Å²) in [4.78, 5) is 4.94. The summed E-state index contributed by atoms with van der Waals surface area (Å²) in [5, 5.41) is 8.02. The molecule has 0 radical (unpaired) electrons. The van der Waals surface area contributed by atoms with Gasteiger partial charge < -0.3 is 10.3 Å². The van der Waals surface area contributed by atoms with Crippen molar-refractivity contribution >= 4 is 23.5 Å². The molecular formula is C20H24ClN3. The lowest BCUT2D eigenvalue weighted by molar-refractivity contribution is 0.176. The summed E-state index contributed by atoms with van der Waals surface area (Å²) in [6, 6.07) is 16.6. The highest BCUT2D eigenvalue weighted by Crippen LogP contribution is 2.31. The van der Waals surface area contributed by atoms with Crippen LogP contribution in [0.2, 0.25) is 5.02 Å². The first-order valence-corrected chi connectivity index (χ1v) is 8.71. The van der Waals surface area contributed by atoms with Gasteiger partial charge in [0.25, 0.3) is 0 Å². The van der Waals surface area contributed by atoms with Crippen LogP contribution in [-0.2, 0) is 6.54 Å². The Morgan fingerprint density at radius 1 is 1.12 bits per heavy atom. The number of hydrogen-bond donors (Lipinski definition) is 1. The van der Waals surface area contributed by atoms with Crippen molar-refractivity contribution in [2.45, 2.75) is 25.9 Å². The van der Waals surface area contributed by atoms with Crippen LogP contribution in [0.5, 0.6) is 0 Å². The summed E-state index contributed by atoms with van der Waals surface area (Å²) in [5.41, 5.74) is 3.29. The van der Waals surface area contributed by atoms with E-state index in [2.05, 4.69) is 60.0 Å². The fourth-order valence-electron chi connectivity index (χ4n) is 3.51. The highest BCUT2D eigenvalue weighted by atomic mass is 35.5. The number of nitrogens with zero attached hydrogens (tertiary/aromatic N) is 2. The van der Waals surface area contributed by atoms with Gasteiger partial charge in [0, 0.05) is 49.2 Å². The molecule has 1 heterocycles. The van der Waals surface area contributed by atoms with E-state index in [1.165, 1.54) is 11.8 Å².